The summed E-state index contributed by atoms with van der Waals surface area (Å²) in [5, 5.41) is 0. The summed E-state index contributed by atoms with van der Waals surface area (Å²) in [4.78, 5) is 27.4. The highest BCUT2D eigenvalue weighted by atomic mass is 35.5. The second-order valence-corrected chi connectivity index (χ2v) is 5.21. The quantitative estimate of drug-likeness (QED) is 0.612. The van der Waals surface area contributed by atoms with Crippen LogP contribution in [-0.2, 0) is 16.1 Å². The fraction of sp³-hybridized carbons (Fsp3) is 0.545. The molecule has 6 nitrogen and oxygen atoms in total. The van der Waals surface area contributed by atoms with Crippen LogP contribution in [0.15, 0.2) is 10.7 Å². The predicted octanol–water partition coefficient (Wildman–Crippen LogP) is 1.76. The minimum Gasteiger partial charge on any atom is -0.464 e. The molecule has 0 spiro atoms. The van der Waals surface area contributed by atoms with Crippen LogP contribution in [0.1, 0.15) is 29.2 Å². The van der Waals surface area contributed by atoms with Crippen molar-refractivity contribution in [1.82, 2.24) is 9.88 Å². The van der Waals surface area contributed by atoms with E-state index in [2.05, 4.69) is 9.72 Å². The van der Waals surface area contributed by atoms with Crippen LogP contribution in [0, 0.1) is 0 Å². The lowest BCUT2D eigenvalue weighted by Gasteiger charge is -2.20. The molecule has 1 aromatic heterocycles. The van der Waals surface area contributed by atoms with Crippen molar-refractivity contribution in [3.63, 3.8) is 0 Å². The summed E-state index contributed by atoms with van der Waals surface area (Å²) in [5.41, 5.74) is 0.0639. The molecule has 1 heterocycles. The summed E-state index contributed by atoms with van der Waals surface area (Å²) in [6.45, 7) is 0.135. The first kappa shape index (κ1) is 14.1. The number of hydrogen-bond acceptors (Lipinski definition) is 5. The molecule has 0 unspecified atom stereocenters. The Morgan fingerprint density at radius 2 is 2.26 bits per heavy atom. The van der Waals surface area contributed by atoms with E-state index in [4.69, 9.17) is 27.6 Å². The summed E-state index contributed by atoms with van der Waals surface area (Å²) >= 11 is 11.2. The Hall–Kier alpha value is -1.27. The van der Waals surface area contributed by atoms with E-state index >= 15 is 0 Å². The third-order valence-corrected chi connectivity index (χ3v) is 3.08. The van der Waals surface area contributed by atoms with Gasteiger partial charge in [-0.25, -0.2) is 9.78 Å². The number of alkyl halides is 2. The number of hydrogen-bond donors (Lipinski definition) is 0. The van der Waals surface area contributed by atoms with E-state index in [1.807, 2.05) is 0 Å². The van der Waals surface area contributed by atoms with Crippen LogP contribution in [0.2, 0.25) is 0 Å². The zero-order valence-electron chi connectivity index (χ0n) is 10.1. The number of carbonyl (C=O) groups excluding carboxylic acids is 2. The zero-order chi connectivity index (χ0) is 14.0. The number of methoxy groups -OCH3 is 1. The molecule has 104 valence electrons. The van der Waals surface area contributed by atoms with E-state index in [1.54, 1.807) is 0 Å². The average Bonchev–Trinajstić information content (AvgIpc) is 3.13. The Morgan fingerprint density at radius 1 is 1.58 bits per heavy atom. The Morgan fingerprint density at radius 3 is 2.79 bits per heavy atom. The summed E-state index contributed by atoms with van der Waals surface area (Å²) < 4.78 is 9.65. The lowest BCUT2D eigenvalue weighted by atomic mass is 10.4. The van der Waals surface area contributed by atoms with E-state index in [0.29, 0.717) is 0 Å². The molecule has 0 saturated heterocycles. The fourth-order valence-electron chi connectivity index (χ4n) is 1.63. The van der Waals surface area contributed by atoms with Gasteiger partial charge in [0, 0.05) is 6.04 Å². The first-order chi connectivity index (χ1) is 9.02. The number of amides is 1. The van der Waals surface area contributed by atoms with Gasteiger partial charge >= 0.3 is 5.97 Å². The molecule has 0 bridgehead atoms. The number of oxazole rings is 1. The van der Waals surface area contributed by atoms with Gasteiger partial charge in [0.15, 0.2) is 10.5 Å². The maximum absolute atomic E-state index is 11.8. The predicted molar refractivity (Wildman–Crippen MR) is 66.9 cm³/mol. The monoisotopic (exact) mass is 306 g/mol. The van der Waals surface area contributed by atoms with Crippen LogP contribution >= 0.6 is 23.2 Å². The number of esters is 1. The minimum absolute atomic E-state index is 0.0639. The van der Waals surface area contributed by atoms with Crippen LogP contribution in [0.25, 0.3) is 0 Å². The Balaban J connectivity index is 2.07. The van der Waals surface area contributed by atoms with E-state index in [9.17, 15) is 9.59 Å². The molecule has 0 atom stereocenters. The Kier molecular flexibility index (Phi) is 4.31. The molecule has 8 heteroatoms. The molecule has 0 radical (unpaired) electrons. The van der Waals surface area contributed by atoms with E-state index in [-0.39, 0.29) is 30.1 Å². The topological polar surface area (TPSA) is 72.6 Å². The zero-order valence-corrected chi connectivity index (χ0v) is 11.6. The maximum Gasteiger partial charge on any atom is 0.360 e. The SMILES string of the molecule is COC(=O)c1coc(CN(C(=O)C(Cl)Cl)C2CC2)n1. The van der Waals surface area contributed by atoms with Crippen LogP contribution in [0.5, 0.6) is 0 Å². The summed E-state index contributed by atoms with van der Waals surface area (Å²) in [6, 6.07) is 0.112. The van der Waals surface area contributed by atoms with Crippen molar-refractivity contribution in [3.05, 3.63) is 17.8 Å². The maximum atomic E-state index is 11.8. The molecule has 1 aliphatic rings. The number of halogens is 2. The molecule has 1 fully saturated rings. The normalized spacial score (nSPS) is 14.5. The summed E-state index contributed by atoms with van der Waals surface area (Å²) in [6.07, 6.45) is 2.99. The number of carbonyl (C=O) groups is 2. The van der Waals surface area contributed by atoms with Gasteiger partial charge < -0.3 is 14.1 Å². The first-order valence-electron chi connectivity index (χ1n) is 5.64. The van der Waals surface area contributed by atoms with Crippen molar-refractivity contribution in [1.29, 1.82) is 0 Å². The average molecular weight is 307 g/mol. The molecule has 0 aromatic carbocycles. The lowest BCUT2D eigenvalue weighted by molar-refractivity contribution is -0.130. The number of rotatable bonds is 5. The molecular formula is C11H12Cl2N2O4. The highest BCUT2D eigenvalue weighted by molar-refractivity contribution is 6.53. The van der Waals surface area contributed by atoms with E-state index in [0.717, 1.165) is 12.8 Å². The van der Waals surface area contributed by atoms with Crippen LogP contribution < -0.4 is 0 Å². The Labute approximate surface area is 119 Å². The van der Waals surface area contributed by atoms with Crippen LogP contribution in [0.3, 0.4) is 0 Å². The molecular weight excluding hydrogens is 295 g/mol. The van der Waals surface area contributed by atoms with Crippen molar-refractivity contribution < 1.29 is 18.7 Å². The van der Waals surface area contributed by atoms with Crippen LogP contribution in [0.4, 0.5) is 0 Å². The van der Waals surface area contributed by atoms with Gasteiger partial charge in [-0.05, 0) is 12.8 Å². The number of ether oxygens (including phenoxy) is 1. The molecule has 0 aliphatic heterocycles. The molecule has 1 aromatic rings. The number of aromatic nitrogens is 1. The van der Waals surface area contributed by atoms with E-state index < -0.39 is 10.8 Å². The van der Waals surface area contributed by atoms with Gasteiger partial charge in [-0.3, -0.25) is 4.79 Å². The fourth-order valence-corrected chi connectivity index (χ4v) is 1.88. The number of nitrogens with zero attached hydrogens (tertiary/aromatic N) is 2. The van der Waals surface area contributed by atoms with Gasteiger partial charge in [-0.1, -0.05) is 23.2 Å². The molecule has 2 rings (SSSR count). The van der Waals surface area contributed by atoms with Crippen molar-refractivity contribution in [2.24, 2.45) is 0 Å². The minimum atomic E-state index is -1.12. The molecule has 0 N–H and O–H groups in total. The van der Waals surface area contributed by atoms with Crippen molar-refractivity contribution >= 4 is 35.1 Å². The molecule has 1 aliphatic carbocycles. The van der Waals surface area contributed by atoms with Crippen LogP contribution in [-0.4, -0.2) is 39.7 Å². The second kappa shape index (κ2) is 5.79. The highest BCUT2D eigenvalue weighted by Crippen LogP contribution is 2.30. The van der Waals surface area contributed by atoms with Gasteiger partial charge in [0.2, 0.25) is 5.89 Å². The lowest BCUT2D eigenvalue weighted by Crippen LogP contribution is -2.36. The van der Waals surface area contributed by atoms with Gasteiger partial charge in [0.05, 0.1) is 13.7 Å². The molecule has 19 heavy (non-hydrogen) atoms. The third-order valence-electron chi connectivity index (χ3n) is 2.71. The van der Waals surface area contributed by atoms with Crippen molar-refractivity contribution in [2.75, 3.05) is 7.11 Å². The molecule has 1 saturated carbocycles. The smallest absolute Gasteiger partial charge is 0.360 e. The largest absolute Gasteiger partial charge is 0.464 e. The third kappa shape index (κ3) is 3.39. The highest BCUT2D eigenvalue weighted by Gasteiger charge is 2.35. The van der Waals surface area contributed by atoms with Crippen molar-refractivity contribution in [3.8, 4) is 0 Å². The van der Waals surface area contributed by atoms with Gasteiger partial charge in [0.1, 0.15) is 6.26 Å². The van der Waals surface area contributed by atoms with Crippen molar-refractivity contribution in [2.45, 2.75) is 30.3 Å². The van der Waals surface area contributed by atoms with Gasteiger partial charge in [0.25, 0.3) is 5.91 Å². The Bertz CT molecular complexity index is 485. The summed E-state index contributed by atoms with van der Waals surface area (Å²) in [5.74, 6) is -0.731. The molecule has 1 amide bonds. The standard InChI is InChI=1S/C11H12Cl2N2O4/c1-18-11(17)7-5-19-8(14-7)4-15(6-2-3-6)10(16)9(12)13/h5-6,9H,2-4H2,1H3. The van der Waals surface area contributed by atoms with Gasteiger partial charge in [-0.2, -0.15) is 0 Å². The van der Waals surface area contributed by atoms with E-state index in [1.165, 1.54) is 18.3 Å². The first-order valence-corrected chi connectivity index (χ1v) is 6.51. The summed E-state index contributed by atoms with van der Waals surface area (Å²) in [7, 11) is 1.25. The second-order valence-electron chi connectivity index (χ2n) is 4.12. The van der Waals surface area contributed by atoms with Gasteiger partial charge in [-0.15, -0.1) is 0 Å².